The van der Waals surface area contributed by atoms with E-state index in [4.69, 9.17) is 30.5 Å². The van der Waals surface area contributed by atoms with Gasteiger partial charge in [-0.3, -0.25) is 14.9 Å². The highest BCUT2D eigenvalue weighted by Gasteiger charge is 2.36. The van der Waals surface area contributed by atoms with Crippen LogP contribution in [0, 0.1) is 10.1 Å². The number of fused-ring (bicyclic) bond motifs is 1. The summed E-state index contributed by atoms with van der Waals surface area (Å²) in [5.41, 5.74) is 1.36. The molecule has 0 N–H and O–H groups in total. The van der Waals surface area contributed by atoms with Crippen molar-refractivity contribution in [2.24, 2.45) is 0 Å². The third kappa shape index (κ3) is 4.87. The maximum atomic E-state index is 13.7. The number of nitro benzene ring substituents is 1. The zero-order valence-corrected chi connectivity index (χ0v) is 20.8. The summed E-state index contributed by atoms with van der Waals surface area (Å²) in [6, 6.07) is 14.3. The lowest BCUT2D eigenvalue weighted by Gasteiger charge is -2.37. The molecule has 3 aromatic rings. The Morgan fingerprint density at radius 1 is 1.00 bits per heavy atom. The molecule has 1 amide bonds. The van der Waals surface area contributed by atoms with E-state index in [9.17, 15) is 14.9 Å². The van der Waals surface area contributed by atoms with Crippen molar-refractivity contribution in [3.05, 3.63) is 86.4 Å². The Morgan fingerprint density at radius 3 is 2.33 bits per heavy atom. The summed E-state index contributed by atoms with van der Waals surface area (Å²) in [5.74, 6) is 1.61. The SMILES string of the molecule is COc1cc2c(cc1OC)C(COc1ccccc1OC)N(C(=O)c1cc(Cl)ccc1[N+](=O)[O-])CC2. The molecular weight excluding hydrogens is 488 g/mol. The molecule has 0 spiro atoms. The van der Waals surface area contributed by atoms with Crippen molar-refractivity contribution >= 4 is 23.2 Å². The molecule has 0 aromatic heterocycles. The number of carbonyl (C=O) groups excluding carboxylic acids is 1. The monoisotopic (exact) mass is 512 g/mol. The molecule has 0 fully saturated rings. The van der Waals surface area contributed by atoms with Crippen LogP contribution >= 0.6 is 11.6 Å². The fourth-order valence-electron chi connectivity index (χ4n) is 4.35. The number of benzene rings is 3. The number of nitro groups is 1. The number of para-hydroxylation sites is 2. The minimum absolute atomic E-state index is 0.0724. The van der Waals surface area contributed by atoms with Crippen LogP contribution in [0.3, 0.4) is 0 Å². The molecule has 0 radical (unpaired) electrons. The lowest BCUT2D eigenvalue weighted by atomic mass is 9.91. The zero-order valence-electron chi connectivity index (χ0n) is 20.0. The van der Waals surface area contributed by atoms with Gasteiger partial charge in [-0.2, -0.15) is 0 Å². The number of hydrogen-bond acceptors (Lipinski definition) is 7. The number of carbonyl (C=O) groups is 1. The van der Waals surface area contributed by atoms with Crippen LogP contribution in [-0.2, 0) is 6.42 Å². The molecule has 1 atom stereocenters. The molecule has 10 heteroatoms. The van der Waals surface area contributed by atoms with E-state index >= 15 is 0 Å². The largest absolute Gasteiger partial charge is 0.493 e. The van der Waals surface area contributed by atoms with Crippen LogP contribution in [0.2, 0.25) is 5.02 Å². The van der Waals surface area contributed by atoms with E-state index < -0.39 is 16.9 Å². The Hall–Kier alpha value is -3.98. The van der Waals surface area contributed by atoms with Gasteiger partial charge in [-0.1, -0.05) is 23.7 Å². The third-order valence-corrected chi connectivity index (χ3v) is 6.35. The molecule has 9 nitrogen and oxygen atoms in total. The maximum Gasteiger partial charge on any atom is 0.282 e. The summed E-state index contributed by atoms with van der Waals surface area (Å²) in [6.45, 7) is 0.383. The van der Waals surface area contributed by atoms with Gasteiger partial charge in [-0.15, -0.1) is 0 Å². The standard InChI is InChI=1S/C26H25ClN2O7/c1-33-22-6-4-5-7-23(22)36-15-21-18-14-25(35-3)24(34-2)12-16(18)10-11-28(21)26(30)19-13-17(27)8-9-20(19)29(31)32/h4-9,12-14,21H,10-11,15H2,1-3H3. The Labute approximate surface area is 213 Å². The quantitative estimate of drug-likeness (QED) is 0.306. The number of rotatable bonds is 8. The minimum atomic E-state index is -0.588. The van der Waals surface area contributed by atoms with Crippen LogP contribution in [0.5, 0.6) is 23.0 Å². The molecule has 0 saturated carbocycles. The summed E-state index contributed by atoms with van der Waals surface area (Å²) in [6.07, 6.45) is 0.515. The Kier molecular flexibility index (Phi) is 7.49. The topological polar surface area (TPSA) is 100 Å². The summed E-state index contributed by atoms with van der Waals surface area (Å²) in [7, 11) is 4.64. The molecule has 36 heavy (non-hydrogen) atoms. The number of halogens is 1. The van der Waals surface area contributed by atoms with Crippen LogP contribution in [0.1, 0.15) is 27.5 Å². The first-order valence-electron chi connectivity index (χ1n) is 11.1. The van der Waals surface area contributed by atoms with Crippen LogP contribution in [0.15, 0.2) is 54.6 Å². The number of ether oxygens (including phenoxy) is 4. The van der Waals surface area contributed by atoms with Crippen LogP contribution in [0.4, 0.5) is 5.69 Å². The first kappa shape index (κ1) is 25.1. The van der Waals surface area contributed by atoms with E-state index in [-0.39, 0.29) is 22.9 Å². The second-order valence-electron chi connectivity index (χ2n) is 8.05. The van der Waals surface area contributed by atoms with Crippen molar-refractivity contribution in [1.29, 1.82) is 0 Å². The number of hydrogen-bond donors (Lipinski definition) is 0. The Morgan fingerprint density at radius 2 is 1.67 bits per heavy atom. The first-order valence-corrected chi connectivity index (χ1v) is 11.5. The van der Waals surface area contributed by atoms with Gasteiger partial charge >= 0.3 is 0 Å². The summed E-state index contributed by atoms with van der Waals surface area (Å²) in [4.78, 5) is 26.4. The van der Waals surface area contributed by atoms with Gasteiger partial charge < -0.3 is 23.8 Å². The molecular formula is C26H25ClN2O7. The van der Waals surface area contributed by atoms with Crippen molar-refractivity contribution in [3.63, 3.8) is 0 Å². The third-order valence-electron chi connectivity index (χ3n) is 6.12. The number of amides is 1. The zero-order chi connectivity index (χ0) is 25.8. The van der Waals surface area contributed by atoms with Crippen LogP contribution in [-0.4, -0.2) is 50.2 Å². The van der Waals surface area contributed by atoms with Crippen LogP contribution in [0.25, 0.3) is 0 Å². The molecule has 0 aliphatic carbocycles. The van der Waals surface area contributed by atoms with Gasteiger partial charge in [0.2, 0.25) is 0 Å². The van der Waals surface area contributed by atoms with Crippen molar-refractivity contribution in [3.8, 4) is 23.0 Å². The predicted octanol–water partition coefficient (Wildman–Crippen LogP) is 5.09. The molecule has 1 aliphatic heterocycles. The highest BCUT2D eigenvalue weighted by atomic mass is 35.5. The van der Waals surface area contributed by atoms with Gasteiger partial charge in [0.05, 0.1) is 32.3 Å². The highest BCUT2D eigenvalue weighted by Crippen LogP contribution is 2.40. The van der Waals surface area contributed by atoms with Crippen molar-refractivity contribution in [1.82, 2.24) is 4.90 Å². The molecule has 1 unspecified atom stereocenters. The fraction of sp³-hybridized carbons (Fsp3) is 0.269. The molecule has 0 bridgehead atoms. The van der Waals surface area contributed by atoms with Gasteiger partial charge in [-0.25, -0.2) is 0 Å². The van der Waals surface area contributed by atoms with Gasteiger partial charge in [0, 0.05) is 17.6 Å². The van der Waals surface area contributed by atoms with Crippen molar-refractivity contribution in [2.75, 3.05) is 34.5 Å². The van der Waals surface area contributed by atoms with Gasteiger partial charge in [0.1, 0.15) is 12.2 Å². The lowest BCUT2D eigenvalue weighted by molar-refractivity contribution is -0.385. The summed E-state index contributed by atoms with van der Waals surface area (Å²) >= 11 is 6.11. The average Bonchev–Trinajstić information content (AvgIpc) is 2.90. The van der Waals surface area contributed by atoms with E-state index in [1.807, 2.05) is 24.3 Å². The smallest absolute Gasteiger partial charge is 0.282 e. The Balaban J connectivity index is 1.78. The molecule has 188 valence electrons. The van der Waals surface area contributed by atoms with Crippen LogP contribution < -0.4 is 18.9 Å². The van der Waals surface area contributed by atoms with E-state index in [2.05, 4.69) is 0 Å². The predicted molar refractivity (Wildman–Crippen MR) is 134 cm³/mol. The summed E-state index contributed by atoms with van der Waals surface area (Å²) < 4.78 is 22.5. The number of methoxy groups -OCH3 is 3. The normalized spacial score (nSPS) is 14.6. The molecule has 0 saturated heterocycles. The van der Waals surface area contributed by atoms with Gasteiger partial charge in [0.15, 0.2) is 23.0 Å². The van der Waals surface area contributed by atoms with E-state index in [0.29, 0.717) is 36.0 Å². The molecule has 3 aromatic carbocycles. The molecule has 1 heterocycles. The first-order chi connectivity index (χ1) is 17.4. The summed E-state index contributed by atoms with van der Waals surface area (Å²) in [5, 5.41) is 11.9. The second kappa shape index (κ2) is 10.7. The second-order valence-corrected chi connectivity index (χ2v) is 8.49. The maximum absolute atomic E-state index is 13.7. The van der Waals surface area contributed by atoms with Gasteiger partial charge in [0.25, 0.3) is 11.6 Å². The molecule has 1 aliphatic rings. The molecule has 4 rings (SSSR count). The highest BCUT2D eigenvalue weighted by molar-refractivity contribution is 6.31. The number of nitrogens with zero attached hydrogens (tertiary/aromatic N) is 2. The van der Waals surface area contributed by atoms with E-state index in [1.165, 1.54) is 25.3 Å². The van der Waals surface area contributed by atoms with Crippen molar-refractivity contribution < 1.29 is 28.7 Å². The van der Waals surface area contributed by atoms with Crippen molar-refractivity contribution in [2.45, 2.75) is 12.5 Å². The van der Waals surface area contributed by atoms with E-state index in [0.717, 1.165) is 11.1 Å². The Bertz CT molecular complexity index is 1300. The van der Waals surface area contributed by atoms with E-state index in [1.54, 1.807) is 31.3 Å². The average molecular weight is 513 g/mol. The minimum Gasteiger partial charge on any atom is -0.493 e. The lowest BCUT2D eigenvalue weighted by Crippen LogP contribution is -2.42. The van der Waals surface area contributed by atoms with Gasteiger partial charge in [-0.05, 0) is 53.9 Å². The fourth-order valence-corrected chi connectivity index (χ4v) is 4.52.